The van der Waals surface area contributed by atoms with E-state index in [1.165, 1.54) is 5.69 Å². The van der Waals surface area contributed by atoms with Crippen LogP contribution in [0.25, 0.3) is 0 Å². The Balaban J connectivity index is 2.89. The molecule has 4 heteroatoms. The van der Waals surface area contributed by atoms with Gasteiger partial charge in [-0.25, -0.2) is 0 Å². The second kappa shape index (κ2) is 3.67. The Bertz CT molecular complexity index is 290. The molecule has 0 aliphatic carbocycles. The van der Waals surface area contributed by atoms with Crippen molar-refractivity contribution in [2.24, 2.45) is 5.73 Å². The zero-order valence-electron chi connectivity index (χ0n) is 7.37. The number of hydrogen-bond acceptors (Lipinski definition) is 2. The summed E-state index contributed by atoms with van der Waals surface area (Å²) in [5.74, 6) is 0. The van der Waals surface area contributed by atoms with Crippen molar-refractivity contribution in [1.29, 1.82) is 0 Å². The van der Waals surface area contributed by atoms with Gasteiger partial charge in [0.2, 0.25) is 0 Å². The maximum atomic E-state index is 5.43. The van der Waals surface area contributed by atoms with Crippen LogP contribution in [0.3, 0.4) is 0 Å². The number of hydrogen-bond donors (Lipinski definition) is 1. The van der Waals surface area contributed by atoms with Gasteiger partial charge in [0.25, 0.3) is 0 Å². The van der Waals surface area contributed by atoms with Crippen molar-refractivity contribution < 1.29 is 0 Å². The zero-order chi connectivity index (χ0) is 9.14. The fourth-order valence-corrected chi connectivity index (χ4v) is 1.29. The summed E-state index contributed by atoms with van der Waals surface area (Å²) < 4.78 is 1.86. The summed E-state index contributed by atoms with van der Waals surface area (Å²) in [5, 5.41) is 4.27. The third-order valence-electron chi connectivity index (χ3n) is 1.65. The predicted octanol–water partition coefficient (Wildman–Crippen LogP) is 1.04. The van der Waals surface area contributed by atoms with Gasteiger partial charge in [-0.1, -0.05) is 19.1 Å². The van der Waals surface area contributed by atoms with Crippen LogP contribution in [-0.4, -0.2) is 14.8 Å². The smallest absolute Gasteiger partial charge is 0.0946 e. The van der Waals surface area contributed by atoms with E-state index in [4.69, 9.17) is 18.0 Å². The summed E-state index contributed by atoms with van der Waals surface area (Å²) in [6.07, 6.45) is 0.962. The van der Waals surface area contributed by atoms with Crippen LogP contribution in [0, 0.1) is 6.92 Å². The van der Waals surface area contributed by atoms with E-state index < -0.39 is 0 Å². The molecule has 66 valence electrons. The van der Waals surface area contributed by atoms with Crippen LogP contribution in [0.5, 0.6) is 0 Å². The lowest BCUT2D eigenvalue weighted by molar-refractivity contribution is 0.677. The third-order valence-corrected chi connectivity index (χ3v) is 1.78. The predicted molar refractivity (Wildman–Crippen MR) is 53.1 cm³/mol. The van der Waals surface area contributed by atoms with E-state index in [1.54, 1.807) is 0 Å². The van der Waals surface area contributed by atoms with Gasteiger partial charge in [0, 0.05) is 5.69 Å². The van der Waals surface area contributed by atoms with Crippen LogP contribution in [0.1, 0.15) is 18.3 Å². The average Bonchev–Trinajstić information content (AvgIpc) is 2.29. The van der Waals surface area contributed by atoms with Gasteiger partial charge >= 0.3 is 0 Å². The summed E-state index contributed by atoms with van der Waals surface area (Å²) in [6, 6.07) is 2.05. The second-order valence-electron chi connectivity index (χ2n) is 2.75. The summed E-state index contributed by atoms with van der Waals surface area (Å²) in [4.78, 5) is 0.479. The van der Waals surface area contributed by atoms with Crippen molar-refractivity contribution in [2.45, 2.75) is 26.8 Å². The molecule has 0 unspecified atom stereocenters. The minimum Gasteiger partial charge on any atom is -0.392 e. The summed E-state index contributed by atoms with van der Waals surface area (Å²) in [7, 11) is 0. The molecule has 0 spiro atoms. The lowest BCUT2D eigenvalue weighted by Crippen LogP contribution is -2.18. The van der Waals surface area contributed by atoms with Gasteiger partial charge < -0.3 is 5.73 Å². The first kappa shape index (κ1) is 9.19. The van der Waals surface area contributed by atoms with Gasteiger partial charge in [-0.3, -0.25) is 4.68 Å². The van der Waals surface area contributed by atoms with E-state index in [1.807, 2.05) is 11.6 Å². The molecule has 1 aromatic rings. The molecule has 0 radical (unpaired) electrons. The molecule has 1 heterocycles. The van der Waals surface area contributed by atoms with Crippen molar-refractivity contribution in [2.75, 3.05) is 0 Å². The number of nitrogens with two attached hydrogens (primary N) is 1. The highest BCUT2D eigenvalue weighted by Crippen LogP contribution is 2.03. The van der Waals surface area contributed by atoms with Crippen LogP contribution in [0.2, 0.25) is 0 Å². The topological polar surface area (TPSA) is 43.8 Å². The number of nitrogens with zero attached hydrogens (tertiary/aromatic N) is 2. The maximum Gasteiger partial charge on any atom is 0.0946 e. The molecule has 1 aromatic heterocycles. The molecule has 0 fully saturated rings. The zero-order valence-corrected chi connectivity index (χ0v) is 8.19. The Hall–Kier alpha value is -0.900. The Morgan fingerprint density at radius 1 is 1.75 bits per heavy atom. The Morgan fingerprint density at radius 2 is 2.42 bits per heavy atom. The summed E-state index contributed by atoms with van der Waals surface area (Å²) >= 11 is 4.81. The summed E-state index contributed by atoms with van der Waals surface area (Å²) in [5.41, 5.74) is 7.63. The van der Waals surface area contributed by atoms with Crippen molar-refractivity contribution in [3.63, 3.8) is 0 Å². The van der Waals surface area contributed by atoms with Gasteiger partial charge in [-0.2, -0.15) is 5.10 Å². The lowest BCUT2D eigenvalue weighted by Gasteiger charge is -2.02. The van der Waals surface area contributed by atoms with Gasteiger partial charge in [0.05, 0.1) is 17.2 Å². The van der Waals surface area contributed by atoms with Crippen molar-refractivity contribution >= 4 is 17.2 Å². The van der Waals surface area contributed by atoms with E-state index in [2.05, 4.69) is 18.1 Å². The molecule has 0 saturated carbocycles. The number of aryl methyl sites for hydroxylation is 2. The van der Waals surface area contributed by atoms with Gasteiger partial charge in [-0.15, -0.1) is 0 Å². The van der Waals surface area contributed by atoms with E-state index in [0.717, 1.165) is 12.1 Å². The highest BCUT2D eigenvalue weighted by atomic mass is 32.1. The molecule has 2 N–H and O–H groups in total. The van der Waals surface area contributed by atoms with Gasteiger partial charge in [0.15, 0.2) is 0 Å². The SMILES string of the molecule is CCc1cc(C)nn1CC(N)=S. The monoisotopic (exact) mass is 183 g/mol. The Labute approximate surface area is 77.6 Å². The molecule has 0 saturated heterocycles. The molecule has 0 aliphatic heterocycles. The number of aromatic nitrogens is 2. The normalized spacial score (nSPS) is 10.2. The molecule has 3 nitrogen and oxygen atoms in total. The van der Waals surface area contributed by atoms with E-state index in [-0.39, 0.29) is 0 Å². The standard InChI is InChI=1S/C8H13N3S/c1-3-7-4-6(2)10-11(7)5-8(9)12/h4H,3,5H2,1-2H3,(H2,9,12). The largest absolute Gasteiger partial charge is 0.392 e. The van der Waals surface area contributed by atoms with Crippen LogP contribution >= 0.6 is 12.2 Å². The minimum atomic E-state index is 0.479. The van der Waals surface area contributed by atoms with Crippen LogP contribution in [0.15, 0.2) is 6.07 Å². The first-order chi connectivity index (χ1) is 5.63. The van der Waals surface area contributed by atoms with Crippen molar-refractivity contribution in [3.8, 4) is 0 Å². The quantitative estimate of drug-likeness (QED) is 0.712. The fraction of sp³-hybridized carbons (Fsp3) is 0.500. The highest BCUT2D eigenvalue weighted by molar-refractivity contribution is 7.80. The maximum absolute atomic E-state index is 5.43. The molecule has 0 aromatic carbocycles. The first-order valence-electron chi connectivity index (χ1n) is 3.95. The van der Waals surface area contributed by atoms with Crippen molar-refractivity contribution in [1.82, 2.24) is 9.78 Å². The molecular weight excluding hydrogens is 170 g/mol. The van der Waals surface area contributed by atoms with E-state index in [0.29, 0.717) is 11.5 Å². The minimum absolute atomic E-state index is 0.479. The molecule has 0 aliphatic rings. The average molecular weight is 183 g/mol. The van der Waals surface area contributed by atoms with Crippen LogP contribution < -0.4 is 5.73 Å². The molecule has 0 bridgehead atoms. The molecular formula is C8H13N3S. The van der Waals surface area contributed by atoms with Crippen molar-refractivity contribution in [3.05, 3.63) is 17.5 Å². The highest BCUT2D eigenvalue weighted by Gasteiger charge is 2.03. The number of thiocarbonyl (C=S) groups is 1. The first-order valence-corrected chi connectivity index (χ1v) is 4.36. The fourth-order valence-electron chi connectivity index (χ4n) is 1.17. The third kappa shape index (κ3) is 2.04. The number of rotatable bonds is 3. The molecule has 12 heavy (non-hydrogen) atoms. The second-order valence-corrected chi connectivity index (χ2v) is 3.28. The van der Waals surface area contributed by atoms with Gasteiger partial charge in [0.1, 0.15) is 0 Å². The molecule has 1 rings (SSSR count). The Kier molecular flexibility index (Phi) is 2.81. The van der Waals surface area contributed by atoms with Crippen LogP contribution in [0.4, 0.5) is 0 Å². The summed E-state index contributed by atoms with van der Waals surface area (Å²) in [6.45, 7) is 4.61. The van der Waals surface area contributed by atoms with Gasteiger partial charge in [-0.05, 0) is 19.4 Å². The lowest BCUT2D eigenvalue weighted by atomic mass is 10.3. The molecule has 0 amide bonds. The van der Waals surface area contributed by atoms with E-state index >= 15 is 0 Å². The molecule has 0 atom stereocenters. The van der Waals surface area contributed by atoms with Crippen LogP contribution in [-0.2, 0) is 13.0 Å². The van der Waals surface area contributed by atoms with E-state index in [9.17, 15) is 0 Å². The Morgan fingerprint density at radius 3 is 2.92 bits per heavy atom.